The molecule has 0 bridgehead atoms. The first kappa shape index (κ1) is 18.9. The van der Waals surface area contributed by atoms with Crippen molar-refractivity contribution in [3.63, 3.8) is 0 Å². The van der Waals surface area contributed by atoms with Gasteiger partial charge in [-0.2, -0.15) is 0 Å². The number of carbonyl (C=O) groups is 1. The number of halogens is 1. The van der Waals surface area contributed by atoms with Crippen LogP contribution >= 0.6 is 0 Å². The minimum Gasteiger partial charge on any atom is -0.357 e. The van der Waals surface area contributed by atoms with Crippen LogP contribution in [0.2, 0.25) is 0 Å². The lowest BCUT2D eigenvalue weighted by molar-refractivity contribution is -0.120. The summed E-state index contributed by atoms with van der Waals surface area (Å²) in [6.07, 6.45) is 1.33. The molecule has 1 rings (SSSR count). The lowest BCUT2D eigenvalue weighted by Crippen LogP contribution is -2.39. The summed E-state index contributed by atoms with van der Waals surface area (Å²) in [6.45, 7) is 8.15. The van der Waals surface area contributed by atoms with E-state index in [9.17, 15) is 9.18 Å². The molecule has 0 atom stereocenters. The van der Waals surface area contributed by atoms with Crippen LogP contribution in [0.25, 0.3) is 0 Å². The highest BCUT2D eigenvalue weighted by atomic mass is 19.1. The van der Waals surface area contributed by atoms with E-state index in [4.69, 9.17) is 0 Å². The molecule has 5 nitrogen and oxygen atoms in total. The Morgan fingerprint density at radius 3 is 2.61 bits per heavy atom. The van der Waals surface area contributed by atoms with E-state index in [0.29, 0.717) is 37.6 Å². The maximum atomic E-state index is 13.3. The van der Waals surface area contributed by atoms with Gasteiger partial charge >= 0.3 is 0 Å². The third-order valence-electron chi connectivity index (χ3n) is 3.20. The van der Waals surface area contributed by atoms with Gasteiger partial charge in [0.15, 0.2) is 5.96 Å². The van der Waals surface area contributed by atoms with Crippen LogP contribution in [0.4, 0.5) is 4.39 Å². The maximum absolute atomic E-state index is 13.3. The first-order valence-electron chi connectivity index (χ1n) is 8.10. The summed E-state index contributed by atoms with van der Waals surface area (Å²) in [5, 5.41) is 9.09. The normalized spacial score (nSPS) is 11.2. The van der Waals surface area contributed by atoms with Crippen molar-refractivity contribution >= 4 is 11.9 Å². The number of nitrogens with zero attached hydrogens (tertiary/aromatic N) is 1. The number of hydrogen-bond donors (Lipinski definition) is 3. The molecule has 0 unspecified atom stereocenters. The standard InChI is InChI=1S/C17H27FN4O/c1-4-9-20-16(23)8-10-21-17(19-5-2)22-12-14-6-7-15(18)13(3)11-14/h6-7,11H,4-5,8-10,12H2,1-3H3,(H,20,23)(H2,19,21,22). The second-order valence-electron chi connectivity index (χ2n) is 5.31. The second kappa shape index (κ2) is 10.6. The number of amides is 1. The van der Waals surface area contributed by atoms with Gasteiger partial charge in [0.2, 0.25) is 5.91 Å². The summed E-state index contributed by atoms with van der Waals surface area (Å²) in [6, 6.07) is 4.98. The van der Waals surface area contributed by atoms with Crippen molar-refractivity contribution in [1.29, 1.82) is 0 Å². The molecule has 0 aromatic heterocycles. The minimum absolute atomic E-state index is 0.0318. The van der Waals surface area contributed by atoms with Crippen molar-refractivity contribution in [1.82, 2.24) is 16.0 Å². The molecule has 0 radical (unpaired) electrons. The highest BCUT2D eigenvalue weighted by Crippen LogP contribution is 2.09. The van der Waals surface area contributed by atoms with Crippen molar-refractivity contribution in [2.24, 2.45) is 4.99 Å². The number of hydrogen-bond acceptors (Lipinski definition) is 2. The third-order valence-corrected chi connectivity index (χ3v) is 3.20. The molecule has 0 saturated carbocycles. The molecule has 0 spiro atoms. The van der Waals surface area contributed by atoms with Crippen LogP contribution in [-0.2, 0) is 11.3 Å². The van der Waals surface area contributed by atoms with E-state index in [1.165, 1.54) is 6.07 Å². The SMILES string of the molecule is CCCNC(=O)CCNC(=NCc1ccc(F)c(C)c1)NCC. The molecule has 0 fully saturated rings. The van der Waals surface area contributed by atoms with E-state index in [1.54, 1.807) is 19.1 Å². The van der Waals surface area contributed by atoms with Gasteiger partial charge in [-0.1, -0.05) is 19.1 Å². The van der Waals surface area contributed by atoms with Gasteiger partial charge in [0.25, 0.3) is 0 Å². The molecule has 0 aliphatic rings. The van der Waals surface area contributed by atoms with E-state index >= 15 is 0 Å². The summed E-state index contributed by atoms with van der Waals surface area (Å²) in [7, 11) is 0. The van der Waals surface area contributed by atoms with Crippen LogP contribution in [0.15, 0.2) is 23.2 Å². The van der Waals surface area contributed by atoms with E-state index in [1.807, 2.05) is 13.8 Å². The van der Waals surface area contributed by atoms with Crippen molar-refractivity contribution in [3.05, 3.63) is 35.1 Å². The van der Waals surface area contributed by atoms with Gasteiger partial charge in [0.1, 0.15) is 5.82 Å². The minimum atomic E-state index is -0.208. The Hall–Kier alpha value is -2.11. The zero-order chi connectivity index (χ0) is 17.1. The molecule has 6 heteroatoms. The summed E-state index contributed by atoms with van der Waals surface area (Å²) in [5.74, 6) is 0.475. The highest BCUT2D eigenvalue weighted by Gasteiger charge is 2.03. The Kier molecular flexibility index (Phi) is 8.72. The van der Waals surface area contributed by atoms with Crippen LogP contribution in [0.3, 0.4) is 0 Å². The number of aliphatic imine (C=N–C) groups is 1. The van der Waals surface area contributed by atoms with Gasteiger partial charge in [-0.15, -0.1) is 0 Å². The van der Waals surface area contributed by atoms with E-state index in [0.717, 1.165) is 18.5 Å². The van der Waals surface area contributed by atoms with Gasteiger partial charge in [-0.25, -0.2) is 9.38 Å². The zero-order valence-electron chi connectivity index (χ0n) is 14.2. The molecule has 0 saturated heterocycles. The maximum Gasteiger partial charge on any atom is 0.221 e. The largest absolute Gasteiger partial charge is 0.357 e. The summed E-state index contributed by atoms with van der Waals surface area (Å²) >= 11 is 0. The van der Waals surface area contributed by atoms with Gasteiger partial charge < -0.3 is 16.0 Å². The number of guanidine groups is 1. The second-order valence-corrected chi connectivity index (χ2v) is 5.31. The molecule has 0 aliphatic heterocycles. The smallest absolute Gasteiger partial charge is 0.221 e. The molecular formula is C17H27FN4O. The monoisotopic (exact) mass is 322 g/mol. The third kappa shape index (κ3) is 7.63. The summed E-state index contributed by atoms with van der Waals surface area (Å²) in [5.41, 5.74) is 1.56. The van der Waals surface area contributed by atoms with E-state index in [2.05, 4.69) is 20.9 Å². The van der Waals surface area contributed by atoms with Crippen LogP contribution in [0.1, 0.15) is 37.8 Å². The Morgan fingerprint density at radius 1 is 1.17 bits per heavy atom. The van der Waals surface area contributed by atoms with Crippen molar-refractivity contribution in [2.45, 2.75) is 40.2 Å². The van der Waals surface area contributed by atoms with Gasteiger partial charge in [-0.05, 0) is 37.5 Å². The Bertz CT molecular complexity index is 531. The summed E-state index contributed by atoms with van der Waals surface area (Å²) in [4.78, 5) is 16.0. The van der Waals surface area contributed by atoms with E-state index in [-0.39, 0.29) is 11.7 Å². The number of aryl methyl sites for hydroxylation is 1. The number of rotatable bonds is 8. The first-order valence-corrected chi connectivity index (χ1v) is 8.10. The Labute approximate surface area is 137 Å². The van der Waals surface area contributed by atoms with Gasteiger partial charge in [0, 0.05) is 26.1 Å². The molecule has 23 heavy (non-hydrogen) atoms. The molecule has 128 valence electrons. The van der Waals surface area contributed by atoms with Crippen LogP contribution in [0.5, 0.6) is 0 Å². The molecule has 3 N–H and O–H groups in total. The average Bonchev–Trinajstić information content (AvgIpc) is 2.53. The fourth-order valence-corrected chi connectivity index (χ4v) is 1.96. The van der Waals surface area contributed by atoms with Crippen LogP contribution < -0.4 is 16.0 Å². The van der Waals surface area contributed by atoms with Crippen LogP contribution in [-0.4, -0.2) is 31.5 Å². The van der Waals surface area contributed by atoms with Gasteiger partial charge in [0.05, 0.1) is 6.54 Å². The van der Waals surface area contributed by atoms with Crippen molar-refractivity contribution < 1.29 is 9.18 Å². The van der Waals surface area contributed by atoms with Crippen molar-refractivity contribution in [2.75, 3.05) is 19.6 Å². The first-order chi connectivity index (χ1) is 11.1. The lowest BCUT2D eigenvalue weighted by atomic mass is 10.1. The average molecular weight is 322 g/mol. The molecular weight excluding hydrogens is 295 g/mol. The van der Waals surface area contributed by atoms with Gasteiger partial charge in [-0.3, -0.25) is 4.79 Å². The predicted octanol–water partition coefficient (Wildman–Crippen LogP) is 2.11. The van der Waals surface area contributed by atoms with Crippen LogP contribution in [0, 0.1) is 12.7 Å². The molecule has 1 aromatic carbocycles. The highest BCUT2D eigenvalue weighted by molar-refractivity contribution is 5.81. The number of nitrogens with one attached hydrogen (secondary N) is 3. The topological polar surface area (TPSA) is 65.5 Å². The number of benzene rings is 1. The fraction of sp³-hybridized carbons (Fsp3) is 0.529. The molecule has 0 heterocycles. The van der Waals surface area contributed by atoms with E-state index < -0.39 is 0 Å². The zero-order valence-corrected chi connectivity index (χ0v) is 14.2. The molecule has 1 amide bonds. The Morgan fingerprint density at radius 2 is 1.96 bits per heavy atom. The molecule has 1 aromatic rings. The molecule has 0 aliphatic carbocycles. The Balaban J connectivity index is 2.49. The number of carbonyl (C=O) groups excluding carboxylic acids is 1. The fourth-order valence-electron chi connectivity index (χ4n) is 1.96. The predicted molar refractivity (Wildman–Crippen MR) is 91.9 cm³/mol. The quantitative estimate of drug-likeness (QED) is 0.507. The van der Waals surface area contributed by atoms with Crippen molar-refractivity contribution in [3.8, 4) is 0 Å². The summed E-state index contributed by atoms with van der Waals surface area (Å²) < 4.78 is 13.3. The lowest BCUT2D eigenvalue weighted by Gasteiger charge is -2.11.